The molecule has 0 aliphatic rings. The van der Waals surface area contributed by atoms with E-state index in [9.17, 15) is 4.79 Å². The molecule has 0 radical (unpaired) electrons. The second kappa shape index (κ2) is 11.7. The van der Waals surface area contributed by atoms with Gasteiger partial charge in [-0.1, -0.05) is 36.4 Å². The lowest BCUT2D eigenvalue weighted by atomic mass is 10.0. The Hall–Kier alpha value is -3.82. The van der Waals surface area contributed by atoms with Crippen LogP contribution in [0.3, 0.4) is 0 Å². The molecular formula is C29H32N6O2S. The predicted octanol–water partition coefficient (Wildman–Crippen LogP) is 5.39. The number of ether oxygens (including phenoxy) is 1. The molecule has 0 spiro atoms. The monoisotopic (exact) mass is 528 g/mol. The zero-order valence-corrected chi connectivity index (χ0v) is 22.7. The quantitative estimate of drug-likeness (QED) is 0.247. The van der Waals surface area contributed by atoms with E-state index in [4.69, 9.17) is 4.74 Å². The van der Waals surface area contributed by atoms with Crippen LogP contribution >= 0.6 is 11.3 Å². The lowest BCUT2D eigenvalue weighted by molar-refractivity contribution is 0.205. The predicted molar refractivity (Wildman–Crippen MR) is 151 cm³/mol. The highest BCUT2D eigenvalue weighted by atomic mass is 32.1. The summed E-state index contributed by atoms with van der Waals surface area (Å²) in [7, 11) is 0. The van der Waals surface area contributed by atoms with E-state index in [1.54, 1.807) is 11.3 Å². The van der Waals surface area contributed by atoms with Crippen LogP contribution in [0.25, 0.3) is 10.9 Å². The van der Waals surface area contributed by atoms with Crippen molar-refractivity contribution in [1.82, 2.24) is 30.1 Å². The zero-order valence-electron chi connectivity index (χ0n) is 21.9. The van der Waals surface area contributed by atoms with Gasteiger partial charge in [0.2, 0.25) is 0 Å². The molecule has 2 aromatic carbocycles. The minimum Gasteiger partial charge on any atom is -0.494 e. The van der Waals surface area contributed by atoms with Crippen LogP contribution in [-0.4, -0.2) is 43.2 Å². The lowest BCUT2D eigenvalue weighted by Crippen LogP contribution is -2.36. The van der Waals surface area contributed by atoms with E-state index in [0.29, 0.717) is 31.1 Å². The van der Waals surface area contributed by atoms with E-state index in [0.717, 1.165) is 23.1 Å². The molecule has 0 aliphatic carbocycles. The fraction of sp³-hybridized carbons (Fsp3) is 0.310. The van der Waals surface area contributed by atoms with E-state index in [-0.39, 0.29) is 11.6 Å². The molecule has 0 saturated carbocycles. The van der Waals surface area contributed by atoms with Gasteiger partial charge in [0.15, 0.2) is 5.82 Å². The number of benzene rings is 2. The average Bonchev–Trinajstić information content (AvgIpc) is 3.61. The zero-order chi connectivity index (χ0) is 26.5. The second-order valence-electron chi connectivity index (χ2n) is 9.50. The van der Waals surface area contributed by atoms with Gasteiger partial charge < -0.3 is 9.72 Å². The molecule has 3 heterocycles. The Kier molecular flexibility index (Phi) is 7.95. The van der Waals surface area contributed by atoms with E-state index < -0.39 is 6.04 Å². The van der Waals surface area contributed by atoms with Gasteiger partial charge in [-0.15, -0.1) is 16.4 Å². The summed E-state index contributed by atoms with van der Waals surface area (Å²) in [6, 6.07) is 21.9. The van der Waals surface area contributed by atoms with Crippen LogP contribution in [0.1, 0.15) is 54.7 Å². The van der Waals surface area contributed by atoms with Crippen LogP contribution in [0.2, 0.25) is 0 Å². The number of aromatic nitrogens is 5. The molecule has 0 aliphatic heterocycles. The van der Waals surface area contributed by atoms with Crippen LogP contribution < -0.4 is 10.3 Å². The number of nitrogens with zero attached hydrogens (tertiary/aromatic N) is 5. The van der Waals surface area contributed by atoms with Crippen molar-refractivity contribution in [3.05, 3.63) is 104 Å². The van der Waals surface area contributed by atoms with Crippen molar-refractivity contribution >= 4 is 22.2 Å². The normalized spacial score (nSPS) is 12.4. The number of aromatic amines is 1. The molecule has 3 aromatic heterocycles. The van der Waals surface area contributed by atoms with Crippen molar-refractivity contribution in [2.75, 3.05) is 13.2 Å². The topological polar surface area (TPSA) is 88.9 Å². The maximum atomic E-state index is 13.7. The van der Waals surface area contributed by atoms with E-state index in [1.807, 2.05) is 55.8 Å². The Morgan fingerprint density at radius 3 is 2.66 bits per heavy atom. The van der Waals surface area contributed by atoms with Gasteiger partial charge in [-0.2, -0.15) is 0 Å². The van der Waals surface area contributed by atoms with Crippen LogP contribution in [0.5, 0.6) is 5.75 Å². The highest BCUT2D eigenvalue weighted by Crippen LogP contribution is 2.31. The molecule has 5 rings (SSSR count). The summed E-state index contributed by atoms with van der Waals surface area (Å²) in [6.45, 7) is 8.00. The van der Waals surface area contributed by atoms with Gasteiger partial charge in [0, 0.05) is 34.4 Å². The Morgan fingerprint density at radius 2 is 1.92 bits per heavy atom. The number of thiophene rings is 1. The smallest absolute Gasteiger partial charge is 0.253 e. The van der Waals surface area contributed by atoms with Gasteiger partial charge in [0.1, 0.15) is 11.8 Å². The summed E-state index contributed by atoms with van der Waals surface area (Å²) >= 11 is 1.70. The third-order valence-electron chi connectivity index (χ3n) is 6.54. The number of pyridine rings is 1. The third kappa shape index (κ3) is 5.69. The first-order chi connectivity index (χ1) is 18.5. The highest BCUT2D eigenvalue weighted by molar-refractivity contribution is 7.09. The van der Waals surface area contributed by atoms with Gasteiger partial charge in [-0.05, 0) is 78.9 Å². The Balaban J connectivity index is 1.65. The highest BCUT2D eigenvalue weighted by Gasteiger charge is 2.31. The number of hydrogen-bond acceptors (Lipinski definition) is 7. The first-order valence-corrected chi connectivity index (χ1v) is 13.8. The van der Waals surface area contributed by atoms with Crippen molar-refractivity contribution in [3.8, 4) is 5.75 Å². The molecule has 9 heteroatoms. The first kappa shape index (κ1) is 25.8. The Labute approximate surface area is 225 Å². The van der Waals surface area contributed by atoms with Gasteiger partial charge in [0.05, 0.1) is 12.6 Å². The number of nitrogens with one attached hydrogen (secondary N) is 1. The number of rotatable bonds is 11. The minimum atomic E-state index is -0.456. The number of fused-ring (bicyclic) bond motifs is 1. The van der Waals surface area contributed by atoms with Crippen molar-refractivity contribution in [2.45, 2.75) is 45.8 Å². The summed E-state index contributed by atoms with van der Waals surface area (Å²) < 4.78 is 7.55. The fourth-order valence-electron chi connectivity index (χ4n) is 4.73. The lowest BCUT2D eigenvalue weighted by Gasteiger charge is -2.31. The summed E-state index contributed by atoms with van der Waals surface area (Å²) in [5.74, 6) is 1.41. The largest absolute Gasteiger partial charge is 0.494 e. The summed E-state index contributed by atoms with van der Waals surface area (Å²) in [4.78, 5) is 20.3. The SMILES string of the molecule is CCOc1ccc2[nH]c(=O)c(C(c3nnnn3C(C)C)N(CCc3ccccc3)Cc3cccs3)cc2c1. The van der Waals surface area contributed by atoms with E-state index >= 15 is 0 Å². The minimum absolute atomic E-state index is 0.0318. The van der Waals surface area contributed by atoms with Crippen molar-refractivity contribution in [3.63, 3.8) is 0 Å². The summed E-state index contributed by atoms with van der Waals surface area (Å²) in [5.41, 5.74) is 2.45. The average molecular weight is 529 g/mol. The molecule has 1 N–H and O–H groups in total. The van der Waals surface area contributed by atoms with Crippen LogP contribution in [0.4, 0.5) is 0 Å². The molecule has 1 unspecified atom stereocenters. The standard InChI is InChI=1S/C29H32N6O2S/c1-4-37-23-12-13-26-22(17-23)18-25(29(36)30-26)27(28-31-32-33-35(28)20(2)3)34(19-24-11-8-16-38-24)15-14-21-9-6-5-7-10-21/h5-13,16-18,20,27H,4,14-15,19H2,1-3H3,(H,30,36). The van der Waals surface area contributed by atoms with Gasteiger partial charge in [-0.25, -0.2) is 4.68 Å². The number of H-pyrrole nitrogens is 1. The van der Waals surface area contributed by atoms with Crippen LogP contribution in [0, 0.1) is 0 Å². The second-order valence-corrected chi connectivity index (χ2v) is 10.5. The molecule has 0 fully saturated rings. The van der Waals surface area contributed by atoms with Crippen molar-refractivity contribution < 1.29 is 4.74 Å². The van der Waals surface area contributed by atoms with Crippen molar-refractivity contribution in [1.29, 1.82) is 0 Å². The van der Waals surface area contributed by atoms with Gasteiger partial charge >= 0.3 is 0 Å². The van der Waals surface area contributed by atoms with Gasteiger partial charge in [-0.3, -0.25) is 9.69 Å². The van der Waals surface area contributed by atoms with E-state index in [1.165, 1.54) is 10.4 Å². The Bertz CT molecular complexity index is 1530. The Morgan fingerprint density at radius 1 is 1.08 bits per heavy atom. The van der Waals surface area contributed by atoms with E-state index in [2.05, 4.69) is 67.2 Å². The molecule has 0 saturated heterocycles. The fourth-order valence-corrected chi connectivity index (χ4v) is 5.46. The molecular weight excluding hydrogens is 496 g/mol. The molecule has 0 amide bonds. The first-order valence-electron chi connectivity index (χ1n) is 12.9. The third-order valence-corrected chi connectivity index (χ3v) is 7.40. The maximum absolute atomic E-state index is 13.7. The maximum Gasteiger partial charge on any atom is 0.253 e. The molecule has 1 atom stereocenters. The molecule has 5 aromatic rings. The number of hydrogen-bond donors (Lipinski definition) is 1. The van der Waals surface area contributed by atoms with Crippen LogP contribution in [-0.2, 0) is 13.0 Å². The molecule has 38 heavy (non-hydrogen) atoms. The molecule has 8 nitrogen and oxygen atoms in total. The molecule has 0 bridgehead atoms. The molecule has 196 valence electrons. The number of tetrazole rings is 1. The van der Waals surface area contributed by atoms with Crippen LogP contribution in [0.15, 0.2) is 76.9 Å². The summed E-state index contributed by atoms with van der Waals surface area (Å²) in [6.07, 6.45) is 0.825. The van der Waals surface area contributed by atoms with Gasteiger partial charge in [0.25, 0.3) is 5.56 Å². The summed E-state index contributed by atoms with van der Waals surface area (Å²) in [5, 5.41) is 15.8. The van der Waals surface area contributed by atoms with Crippen molar-refractivity contribution in [2.24, 2.45) is 0 Å².